The lowest BCUT2D eigenvalue weighted by Crippen LogP contribution is -2.25. The summed E-state index contributed by atoms with van der Waals surface area (Å²) in [6.45, 7) is 8.12. The zero-order chi connectivity index (χ0) is 15.1. The molecule has 0 aliphatic heterocycles. The highest BCUT2D eigenvalue weighted by Gasteiger charge is 2.14. The number of anilines is 1. The van der Waals surface area contributed by atoms with E-state index in [4.69, 9.17) is 11.6 Å². The molecule has 0 saturated carbocycles. The molecule has 1 N–H and O–H groups in total. The Labute approximate surface area is 136 Å². The summed E-state index contributed by atoms with van der Waals surface area (Å²) in [5, 5.41) is 6.44. The number of para-hydroxylation sites is 1. The van der Waals surface area contributed by atoms with Gasteiger partial charge in [-0.1, -0.05) is 36.7 Å². The lowest BCUT2D eigenvalue weighted by molar-refractivity contribution is 0.672. The number of nitrogens with zero attached hydrogens (tertiary/aromatic N) is 1. The lowest BCUT2D eigenvalue weighted by Gasteiger charge is -2.26. The Balaban J connectivity index is 2.21. The van der Waals surface area contributed by atoms with Crippen LogP contribution in [0.25, 0.3) is 0 Å². The minimum absolute atomic E-state index is 0.837. The fourth-order valence-corrected chi connectivity index (χ4v) is 3.43. The fourth-order valence-electron chi connectivity index (χ4n) is 2.40. The average Bonchev–Trinajstić information content (AvgIpc) is 2.99. The lowest BCUT2D eigenvalue weighted by atomic mass is 10.1. The van der Waals surface area contributed by atoms with Gasteiger partial charge < -0.3 is 10.2 Å². The highest BCUT2D eigenvalue weighted by atomic mass is 35.5. The van der Waals surface area contributed by atoms with Crippen molar-refractivity contribution < 1.29 is 0 Å². The average molecular weight is 323 g/mol. The van der Waals surface area contributed by atoms with Crippen molar-refractivity contribution in [2.75, 3.05) is 18.0 Å². The normalized spacial score (nSPS) is 10.8. The monoisotopic (exact) mass is 322 g/mol. The molecule has 0 unspecified atom stereocenters. The van der Waals surface area contributed by atoms with E-state index in [2.05, 4.69) is 47.6 Å². The summed E-state index contributed by atoms with van der Waals surface area (Å²) < 4.78 is 0. The molecule has 0 aliphatic rings. The standard InChI is InChI=1S/C17H23ClN2S/c1-3-10-19-12-14-7-5-9-16(18)17(14)20(4-2)13-15-8-6-11-21-15/h5-9,11,19H,3-4,10,12-13H2,1-2H3. The largest absolute Gasteiger partial charge is 0.365 e. The summed E-state index contributed by atoms with van der Waals surface area (Å²) in [6, 6.07) is 10.5. The van der Waals surface area contributed by atoms with Gasteiger partial charge in [0.05, 0.1) is 17.3 Å². The van der Waals surface area contributed by atoms with E-state index in [1.807, 2.05) is 12.1 Å². The van der Waals surface area contributed by atoms with Crippen LogP contribution < -0.4 is 10.2 Å². The van der Waals surface area contributed by atoms with Crippen LogP contribution >= 0.6 is 22.9 Å². The Morgan fingerprint density at radius 1 is 1.19 bits per heavy atom. The van der Waals surface area contributed by atoms with Gasteiger partial charge in [0.2, 0.25) is 0 Å². The van der Waals surface area contributed by atoms with Crippen LogP contribution in [0.5, 0.6) is 0 Å². The van der Waals surface area contributed by atoms with E-state index in [0.717, 1.165) is 37.6 Å². The molecule has 0 bridgehead atoms. The molecule has 0 radical (unpaired) electrons. The van der Waals surface area contributed by atoms with Crippen LogP contribution in [-0.4, -0.2) is 13.1 Å². The van der Waals surface area contributed by atoms with E-state index >= 15 is 0 Å². The van der Waals surface area contributed by atoms with Crippen molar-refractivity contribution in [3.8, 4) is 0 Å². The Bertz CT molecular complexity index is 540. The third-order valence-electron chi connectivity index (χ3n) is 3.44. The van der Waals surface area contributed by atoms with Crippen molar-refractivity contribution in [1.29, 1.82) is 0 Å². The number of halogens is 1. The van der Waals surface area contributed by atoms with Gasteiger partial charge in [-0.05, 0) is 43.0 Å². The second-order valence-corrected chi connectivity index (χ2v) is 6.46. The molecular formula is C17H23ClN2S. The Morgan fingerprint density at radius 3 is 2.71 bits per heavy atom. The molecular weight excluding hydrogens is 300 g/mol. The molecule has 0 aliphatic carbocycles. The van der Waals surface area contributed by atoms with E-state index in [-0.39, 0.29) is 0 Å². The molecule has 114 valence electrons. The maximum absolute atomic E-state index is 6.49. The van der Waals surface area contributed by atoms with Gasteiger partial charge in [0, 0.05) is 18.0 Å². The number of hydrogen-bond donors (Lipinski definition) is 1. The SMILES string of the molecule is CCCNCc1cccc(Cl)c1N(CC)Cc1cccs1. The number of nitrogens with one attached hydrogen (secondary N) is 1. The highest BCUT2D eigenvalue weighted by Crippen LogP contribution is 2.31. The van der Waals surface area contributed by atoms with Crippen molar-refractivity contribution in [1.82, 2.24) is 5.32 Å². The first-order valence-electron chi connectivity index (χ1n) is 7.51. The van der Waals surface area contributed by atoms with E-state index in [1.165, 1.54) is 16.1 Å². The van der Waals surface area contributed by atoms with Crippen molar-refractivity contribution >= 4 is 28.6 Å². The zero-order valence-electron chi connectivity index (χ0n) is 12.7. The van der Waals surface area contributed by atoms with Gasteiger partial charge in [-0.3, -0.25) is 0 Å². The quantitative estimate of drug-likeness (QED) is 0.693. The number of thiophene rings is 1. The van der Waals surface area contributed by atoms with Crippen LogP contribution in [0.1, 0.15) is 30.7 Å². The molecule has 0 spiro atoms. The van der Waals surface area contributed by atoms with Crippen LogP contribution in [0.15, 0.2) is 35.7 Å². The van der Waals surface area contributed by atoms with Crippen LogP contribution in [0.2, 0.25) is 5.02 Å². The number of rotatable bonds is 8. The number of hydrogen-bond acceptors (Lipinski definition) is 3. The molecule has 4 heteroatoms. The number of benzene rings is 1. The van der Waals surface area contributed by atoms with Crippen LogP contribution in [-0.2, 0) is 13.1 Å². The van der Waals surface area contributed by atoms with Crippen molar-refractivity contribution in [2.24, 2.45) is 0 Å². The van der Waals surface area contributed by atoms with E-state index in [0.29, 0.717) is 0 Å². The van der Waals surface area contributed by atoms with Crippen molar-refractivity contribution in [3.63, 3.8) is 0 Å². The van der Waals surface area contributed by atoms with E-state index in [9.17, 15) is 0 Å². The van der Waals surface area contributed by atoms with Gasteiger partial charge in [0.25, 0.3) is 0 Å². The summed E-state index contributed by atoms with van der Waals surface area (Å²) in [4.78, 5) is 3.72. The first-order valence-corrected chi connectivity index (χ1v) is 8.77. The summed E-state index contributed by atoms with van der Waals surface area (Å²) in [5.41, 5.74) is 2.44. The molecule has 2 nitrogen and oxygen atoms in total. The first-order chi connectivity index (χ1) is 10.3. The Hall–Kier alpha value is -1.03. The molecule has 2 rings (SSSR count). The molecule has 0 amide bonds. The summed E-state index contributed by atoms with van der Waals surface area (Å²) in [7, 11) is 0. The maximum atomic E-state index is 6.49. The summed E-state index contributed by atoms with van der Waals surface area (Å²) in [5.74, 6) is 0. The third kappa shape index (κ3) is 4.47. The highest BCUT2D eigenvalue weighted by molar-refractivity contribution is 7.09. The molecule has 1 aromatic heterocycles. The smallest absolute Gasteiger partial charge is 0.0643 e. The van der Waals surface area contributed by atoms with Crippen molar-refractivity contribution in [3.05, 3.63) is 51.2 Å². The molecule has 1 aromatic carbocycles. The third-order valence-corrected chi connectivity index (χ3v) is 4.60. The predicted octanol–water partition coefficient (Wildman–Crippen LogP) is 4.93. The zero-order valence-corrected chi connectivity index (χ0v) is 14.3. The molecule has 0 saturated heterocycles. The van der Waals surface area contributed by atoms with E-state index in [1.54, 1.807) is 11.3 Å². The predicted molar refractivity (Wildman–Crippen MR) is 94.5 cm³/mol. The summed E-state index contributed by atoms with van der Waals surface area (Å²) >= 11 is 8.28. The topological polar surface area (TPSA) is 15.3 Å². The summed E-state index contributed by atoms with van der Waals surface area (Å²) in [6.07, 6.45) is 1.14. The molecule has 1 heterocycles. The van der Waals surface area contributed by atoms with Gasteiger partial charge in [-0.25, -0.2) is 0 Å². The van der Waals surface area contributed by atoms with Gasteiger partial charge in [-0.2, -0.15) is 0 Å². The first kappa shape index (κ1) is 16.3. The van der Waals surface area contributed by atoms with Gasteiger partial charge >= 0.3 is 0 Å². The van der Waals surface area contributed by atoms with Crippen molar-refractivity contribution in [2.45, 2.75) is 33.4 Å². The van der Waals surface area contributed by atoms with E-state index < -0.39 is 0 Å². The van der Waals surface area contributed by atoms with Gasteiger partial charge in [0.15, 0.2) is 0 Å². The van der Waals surface area contributed by atoms with Crippen LogP contribution in [0.3, 0.4) is 0 Å². The second-order valence-electron chi connectivity index (χ2n) is 5.02. The van der Waals surface area contributed by atoms with Crippen LogP contribution in [0.4, 0.5) is 5.69 Å². The Kier molecular flexibility index (Phi) is 6.55. The Morgan fingerprint density at radius 2 is 2.05 bits per heavy atom. The van der Waals surface area contributed by atoms with Gasteiger partial charge in [0.1, 0.15) is 0 Å². The van der Waals surface area contributed by atoms with Gasteiger partial charge in [-0.15, -0.1) is 11.3 Å². The van der Waals surface area contributed by atoms with Crippen LogP contribution in [0, 0.1) is 0 Å². The maximum Gasteiger partial charge on any atom is 0.0643 e. The fraction of sp³-hybridized carbons (Fsp3) is 0.412. The second kappa shape index (κ2) is 8.42. The molecule has 2 aromatic rings. The minimum atomic E-state index is 0.837. The molecule has 0 atom stereocenters. The molecule has 0 fully saturated rings. The molecule has 21 heavy (non-hydrogen) atoms. The minimum Gasteiger partial charge on any atom is -0.365 e.